The Hall–Kier alpha value is -3.80. The number of hydrogen-bond acceptors (Lipinski definition) is 11. The minimum atomic E-state index is -1.29. The summed E-state index contributed by atoms with van der Waals surface area (Å²) in [6, 6.07) is 2.74. The molecule has 1 heterocycles. The lowest BCUT2D eigenvalue weighted by Gasteiger charge is -2.59. The Balaban J connectivity index is 1.24. The van der Waals surface area contributed by atoms with Crippen LogP contribution in [0.15, 0.2) is 24.0 Å². The van der Waals surface area contributed by atoms with Crippen LogP contribution < -0.4 is 14.8 Å². The maximum atomic E-state index is 13.3. The van der Waals surface area contributed by atoms with Crippen LogP contribution in [0, 0.1) is 11.8 Å². The van der Waals surface area contributed by atoms with E-state index in [1.807, 2.05) is 26.0 Å². The fourth-order valence-electron chi connectivity index (χ4n) is 7.50. The van der Waals surface area contributed by atoms with Crippen LogP contribution in [0.5, 0.6) is 11.5 Å². The zero-order valence-corrected chi connectivity index (χ0v) is 28.3. The molecule has 1 fully saturated rings. The molecule has 0 saturated heterocycles. The molecule has 47 heavy (non-hydrogen) atoms. The molecule has 12 nitrogen and oxygen atoms in total. The van der Waals surface area contributed by atoms with Crippen molar-refractivity contribution < 1.29 is 52.7 Å². The molecule has 1 aliphatic heterocycles. The van der Waals surface area contributed by atoms with Gasteiger partial charge in [-0.05, 0) is 89.3 Å². The number of methoxy groups -OCH3 is 1. The molecule has 6 atom stereocenters. The second kappa shape index (κ2) is 13.0. The number of amides is 1. The van der Waals surface area contributed by atoms with Gasteiger partial charge in [0.25, 0.3) is 0 Å². The third kappa shape index (κ3) is 6.53. The van der Waals surface area contributed by atoms with Gasteiger partial charge in [0.1, 0.15) is 17.4 Å². The monoisotopic (exact) mass is 657 g/mol. The fraction of sp³-hybridized carbons (Fsp3) is 0.657. The van der Waals surface area contributed by atoms with Crippen LogP contribution >= 0.6 is 0 Å². The molecule has 258 valence electrons. The molecule has 1 amide bonds. The van der Waals surface area contributed by atoms with Gasteiger partial charge in [0.05, 0.1) is 24.7 Å². The van der Waals surface area contributed by atoms with E-state index in [1.165, 1.54) is 6.92 Å². The van der Waals surface area contributed by atoms with Gasteiger partial charge in [-0.25, -0.2) is 14.4 Å². The summed E-state index contributed by atoms with van der Waals surface area (Å²) in [4.78, 5) is 51.2. The first kappa shape index (κ1) is 34.5. The van der Waals surface area contributed by atoms with Crippen molar-refractivity contribution in [3.8, 4) is 11.5 Å². The molecule has 0 radical (unpaired) electrons. The number of carbonyl (C=O) groups is 4. The van der Waals surface area contributed by atoms with Crippen LogP contribution in [0.2, 0.25) is 0 Å². The number of carbonyl (C=O) groups excluding carboxylic acids is 4. The van der Waals surface area contributed by atoms with Crippen molar-refractivity contribution >= 4 is 24.0 Å². The average Bonchev–Trinajstić information content (AvgIpc) is 3.33. The number of hydrogen-bond donors (Lipinski definition) is 2. The quantitative estimate of drug-likeness (QED) is 0.257. The molecule has 0 unspecified atom stereocenters. The Morgan fingerprint density at radius 2 is 1.87 bits per heavy atom. The predicted molar refractivity (Wildman–Crippen MR) is 168 cm³/mol. The zero-order valence-electron chi connectivity index (χ0n) is 28.3. The molecule has 1 aromatic carbocycles. The summed E-state index contributed by atoms with van der Waals surface area (Å²) < 4.78 is 33.9. The number of aliphatic hydroxyl groups is 1. The number of alkyl carbamates (subject to hydrolysis) is 1. The van der Waals surface area contributed by atoms with E-state index in [4.69, 9.17) is 28.4 Å². The van der Waals surface area contributed by atoms with Crippen molar-refractivity contribution in [2.24, 2.45) is 11.8 Å². The summed E-state index contributed by atoms with van der Waals surface area (Å²) in [5.74, 6) is -0.787. The van der Waals surface area contributed by atoms with Gasteiger partial charge >= 0.3 is 24.0 Å². The van der Waals surface area contributed by atoms with Gasteiger partial charge in [0, 0.05) is 12.0 Å². The van der Waals surface area contributed by atoms with E-state index >= 15 is 0 Å². The second-order valence-electron chi connectivity index (χ2n) is 14.4. The molecule has 1 aromatic rings. The van der Waals surface area contributed by atoms with Crippen molar-refractivity contribution in [3.05, 3.63) is 35.1 Å². The number of rotatable bonds is 11. The van der Waals surface area contributed by atoms with E-state index < -0.39 is 58.9 Å². The van der Waals surface area contributed by atoms with E-state index in [0.717, 1.165) is 30.4 Å². The number of nitrogens with one attached hydrogen (secondary N) is 1. The van der Waals surface area contributed by atoms with Crippen LogP contribution in [0.4, 0.5) is 4.79 Å². The maximum Gasteiger partial charge on any atom is 0.408 e. The lowest BCUT2D eigenvalue weighted by molar-refractivity contribution is -0.171. The Morgan fingerprint density at radius 3 is 2.55 bits per heavy atom. The van der Waals surface area contributed by atoms with Crippen molar-refractivity contribution in [2.45, 2.75) is 121 Å². The summed E-state index contributed by atoms with van der Waals surface area (Å²) in [5.41, 5.74) is -0.608. The van der Waals surface area contributed by atoms with E-state index in [1.54, 1.807) is 34.0 Å². The Morgan fingerprint density at radius 1 is 1.13 bits per heavy atom. The van der Waals surface area contributed by atoms with Crippen molar-refractivity contribution in [1.29, 1.82) is 0 Å². The van der Waals surface area contributed by atoms with Crippen LogP contribution in [0.3, 0.4) is 0 Å². The standard InChI is InChI=1S/C35H47NO11/c1-19(2)18-43-31(39)23(36-32(40)47-33(4,5)6)11-13-26(37)44-20(3)30(38)45-25-14-16-35(41)22-9-8-15-34(35)27-21(17-22)10-12-24(42-7)28(27)46-29(25)34/h10,12,14,19-20,22-23,29,41H,8-9,11,13,15-18H2,1-7H3,(H,36,40)/t20-,22+,23-,29-,34-,35+/m0/s1. The summed E-state index contributed by atoms with van der Waals surface area (Å²) in [6.45, 7) is 10.3. The van der Waals surface area contributed by atoms with Crippen molar-refractivity contribution in [2.75, 3.05) is 13.7 Å². The van der Waals surface area contributed by atoms with Gasteiger partial charge in [0.15, 0.2) is 23.7 Å². The van der Waals surface area contributed by atoms with E-state index in [9.17, 15) is 24.3 Å². The highest BCUT2D eigenvalue weighted by atomic mass is 16.6. The molecule has 1 saturated carbocycles. The van der Waals surface area contributed by atoms with Gasteiger partial charge in [-0.15, -0.1) is 0 Å². The Bertz CT molecular complexity index is 1450. The van der Waals surface area contributed by atoms with Crippen molar-refractivity contribution in [1.82, 2.24) is 5.32 Å². The number of benzene rings is 1. The van der Waals surface area contributed by atoms with E-state index in [-0.39, 0.29) is 37.0 Å². The van der Waals surface area contributed by atoms with Crippen molar-refractivity contribution in [3.63, 3.8) is 0 Å². The van der Waals surface area contributed by atoms with E-state index in [0.29, 0.717) is 24.3 Å². The fourth-order valence-corrected chi connectivity index (χ4v) is 7.50. The maximum absolute atomic E-state index is 13.3. The van der Waals surface area contributed by atoms with Gasteiger partial charge in [0.2, 0.25) is 0 Å². The van der Waals surface area contributed by atoms with Crippen LogP contribution in [-0.2, 0) is 45.2 Å². The summed E-state index contributed by atoms with van der Waals surface area (Å²) in [7, 11) is 1.57. The minimum absolute atomic E-state index is 0.0406. The smallest absolute Gasteiger partial charge is 0.408 e. The van der Waals surface area contributed by atoms with Gasteiger partial charge in [-0.3, -0.25) is 4.79 Å². The van der Waals surface area contributed by atoms with Gasteiger partial charge < -0.3 is 38.8 Å². The second-order valence-corrected chi connectivity index (χ2v) is 14.4. The molecule has 5 rings (SSSR count). The lowest BCUT2D eigenvalue weighted by atomic mass is 9.47. The first-order valence-electron chi connectivity index (χ1n) is 16.5. The molecule has 1 spiro atoms. The third-order valence-corrected chi connectivity index (χ3v) is 9.50. The zero-order chi connectivity index (χ0) is 34.3. The summed E-state index contributed by atoms with van der Waals surface area (Å²) in [5, 5.41) is 14.7. The SMILES string of the molecule is COc1ccc2c3c1O[C@H]1C(OC(=O)[C@H](C)OC(=O)CC[C@H](NC(=O)OC(C)(C)C)C(=O)OCC(C)C)=CC[C@@]4(O)[C@H](CCC[C@]314)C2. The number of ether oxygens (including phenoxy) is 6. The normalized spacial score (nSPS) is 26.5. The Kier molecular flexibility index (Phi) is 9.56. The van der Waals surface area contributed by atoms with E-state index in [2.05, 4.69) is 5.32 Å². The minimum Gasteiger partial charge on any atom is -0.493 e. The molecule has 12 heteroatoms. The summed E-state index contributed by atoms with van der Waals surface area (Å²) >= 11 is 0. The topological polar surface area (TPSA) is 156 Å². The molecule has 2 N–H and O–H groups in total. The highest BCUT2D eigenvalue weighted by Crippen LogP contribution is 2.67. The first-order valence-corrected chi connectivity index (χ1v) is 16.5. The Labute approximate surface area is 275 Å². The van der Waals surface area contributed by atoms with Crippen LogP contribution in [0.1, 0.15) is 91.2 Å². The summed E-state index contributed by atoms with van der Waals surface area (Å²) in [6.07, 6.45) is 1.90. The highest BCUT2D eigenvalue weighted by Gasteiger charge is 2.71. The average molecular weight is 658 g/mol. The third-order valence-electron chi connectivity index (χ3n) is 9.50. The molecule has 2 bridgehead atoms. The predicted octanol–water partition coefficient (Wildman–Crippen LogP) is 4.42. The largest absolute Gasteiger partial charge is 0.493 e. The molecule has 0 aromatic heterocycles. The van der Waals surface area contributed by atoms with Crippen LogP contribution in [0.25, 0.3) is 0 Å². The molecular weight excluding hydrogens is 610 g/mol. The van der Waals surface area contributed by atoms with Gasteiger partial charge in [-0.2, -0.15) is 0 Å². The molecular formula is C35H47NO11. The number of esters is 3. The van der Waals surface area contributed by atoms with Gasteiger partial charge in [-0.1, -0.05) is 26.3 Å². The molecule has 3 aliphatic carbocycles. The first-order chi connectivity index (χ1) is 22.1. The highest BCUT2D eigenvalue weighted by molar-refractivity contribution is 5.83. The lowest BCUT2D eigenvalue weighted by Crippen LogP contribution is -2.67. The molecule has 4 aliphatic rings. The van der Waals surface area contributed by atoms with Crippen LogP contribution in [-0.4, -0.2) is 72.3 Å².